The van der Waals surface area contributed by atoms with Gasteiger partial charge in [-0.2, -0.15) is 0 Å². The lowest BCUT2D eigenvalue weighted by atomic mass is 10.1. The molecule has 2 aromatic carbocycles. The van der Waals surface area contributed by atoms with Crippen LogP contribution in [-0.2, 0) is 9.53 Å². The standard InChI is InChI=1S/C20H21N3O4S/c1-4-17(24)21-15-9-6-10-16(12(15)2)22-20(28)23-18(25)13-7-5-8-14(11-13)19(26)27-3/h5-11H,4H2,1-3H3,(H,21,24)(H2,22,23,25,28). The number of nitrogens with one attached hydrogen (secondary N) is 3. The highest BCUT2D eigenvalue weighted by molar-refractivity contribution is 7.80. The highest BCUT2D eigenvalue weighted by Gasteiger charge is 2.13. The van der Waals surface area contributed by atoms with E-state index in [0.29, 0.717) is 17.8 Å². The Kier molecular flexibility index (Phi) is 7.22. The average molecular weight is 399 g/mol. The lowest BCUT2D eigenvalue weighted by molar-refractivity contribution is -0.115. The van der Waals surface area contributed by atoms with Crippen LogP contribution in [0.3, 0.4) is 0 Å². The number of carbonyl (C=O) groups is 3. The topological polar surface area (TPSA) is 96.5 Å². The smallest absolute Gasteiger partial charge is 0.337 e. The maximum Gasteiger partial charge on any atom is 0.337 e. The Labute approximate surface area is 168 Å². The first-order valence-corrected chi connectivity index (χ1v) is 8.96. The maximum absolute atomic E-state index is 12.4. The van der Waals surface area contributed by atoms with Gasteiger partial charge in [-0.15, -0.1) is 0 Å². The number of benzene rings is 2. The number of carbonyl (C=O) groups excluding carboxylic acids is 3. The fraction of sp³-hybridized carbons (Fsp3) is 0.200. The molecule has 0 aromatic heterocycles. The second-order valence-electron chi connectivity index (χ2n) is 5.86. The van der Waals surface area contributed by atoms with Crippen molar-refractivity contribution in [3.63, 3.8) is 0 Å². The Morgan fingerprint density at radius 3 is 2.25 bits per heavy atom. The number of methoxy groups -OCH3 is 1. The summed E-state index contributed by atoms with van der Waals surface area (Å²) >= 11 is 5.21. The SMILES string of the molecule is CCC(=O)Nc1cccc(NC(=S)NC(=O)c2cccc(C(=O)OC)c2)c1C. The van der Waals surface area contributed by atoms with Crippen LogP contribution in [0.2, 0.25) is 0 Å². The third kappa shape index (κ3) is 5.37. The molecule has 0 atom stereocenters. The summed E-state index contributed by atoms with van der Waals surface area (Å²) in [5, 5.41) is 8.42. The predicted octanol–water partition coefficient (Wildman–Crippen LogP) is 3.26. The van der Waals surface area contributed by atoms with Gasteiger partial charge in [0.05, 0.1) is 12.7 Å². The molecular weight excluding hydrogens is 378 g/mol. The zero-order chi connectivity index (χ0) is 20.7. The van der Waals surface area contributed by atoms with Gasteiger partial charge in [-0.1, -0.05) is 19.1 Å². The van der Waals surface area contributed by atoms with E-state index in [2.05, 4.69) is 20.7 Å². The van der Waals surface area contributed by atoms with E-state index >= 15 is 0 Å². The second kappa shape index (κ2) is 9.61. The third-order valence-corrected chi connectivity index (χ3v) is 4.15. The van der Waals surface area contributed by atoms with Gasteiger partial charge < -0.3 is 15.4 Å². The van der Waals surface area contributed by atoms with Crippen molar-refractivity contribution in [2.75, 3.05) is 17.7 Å². The summed E-state index contributed by atoms with van der Waals surface area (Å²) < 4.78 is 4.65. The Bertz CT molecular complexity index is 927. The molecule has 0 fully saturated rings. The minimum atomic E-state index is -0.531. The van der Waals surface area contributed by atoms with Gasteiger partial charge in [-0.25, -0.2) is 4.79 Å². The van der Waals surface area contributed by atoms with Crippen LogP contribution < -0.4 is 16.0 Å². The second-order valence-corrected chi connectivity index (χ2v) is 6.27. The van der Waals surface area contributed by atoms with E-state index in [0.717, 1.165) is 5.56 Å². The van der Waals surface area contributed by atoms with E-state index in [9.17, 15) is 14.4 Å². The lowest BCUT2D eigenvalue weighted by Gasteiger charge is -2.15. The minimum absolute atomic E-state index is 0.0931. The van der Waals surface area contributed by atoms with E-state index in [4.69, 9.17) is 12.2 Å². The molecular formula is C20H21N3O4S. The maximum atomic E-state index is 12.4. The van der Waals surface area contributed by atoms with Crippen molar-refractivity contribution in [1.29, 1.82) is 0 Å². The van der Waals surface area contributed by atoms with Gasteiger partial charge in [0, 0.05) is 23.4 Å². The number of hydrogen-bond acceptors (Lipinski definition) is 5. The van der Waals surface area contributed by atoms with E-state index < -0.39 is 11.9 Å². The van der Waals surface area contributed by atoms with Crippen molar-refractivity contribution in [2.45, 2.75) is 20.3 Å². The largest absolute Gasteiger partial charge is 0.465 e. The lowest BCUT2D eigenvalue weighted by Crippen LogP contribution is -2.34. The van der Waals surface area contributed by atoms with Crippen LogP contribution in [0, 0.1) is 6.92 Å². The zero-order valence-electron chi connectivity index (χ0n) is 15.8. The minimum Gasteiger partial charge on any atom is -0.465 e. The summed E-state index contributed by atoms with van der Waals surface area (Å²) in [4.78, 5) is 35.6. The number of rotatable bonds is 5. The first kappa shape index (κ1) is 21.0. The van der Waals surface area contributed by atoms with Gasteiger partial charge in [-0.3, -0.25) is 14.9 Å². The zero-order valence-corrected chi connectivity index (χ0v) is 16.6. The van der Waals surface area contributed by atoms with Crippen molar-refractivity contribution >= 4 is 46.5 Å². The van der Waals surface area contributed by atoms with Gasteiger partial charge in [-0.05, 0) is 55.0 Å². The molecule has 0 heterocycles. The third-order valence-electron chi connectivity index (χ3n) is 3.95. The number of anilines is 2. The summed E-state index contributed by atoms with van der Waals surface area (Å²) in [6.45, 7) is 3.60. The van der Waals surface area contributed by atoms with Crippen molar-refractivity contribution in [2.24, 2.45) is 0 Å². The molecule has 3 N–H and O–H groups in total. The molecule has 28 heavy (non-hydrogen) atoms. The van der Waals surface area contributed by atoms with Gasteiger partial charge in [0.25, 0.3) is 5.91 Å². The summed E-state index contributed by atoms with van der Waals surface area (Å²) in [6, 6.07) is 11.5. The highest BCUT2D eigenvalue weighted by Crippen LogP contribution is 2.23. The number of hydrogen-bond donors (Lipinski definition) is 3. The fourth-order valence-electron chi connectivity index (χ4n) is 2.38. The number of esters is 1. The normalized spacial score (nSPS) is 9.96. The molecule has 0 bridgehead atoms. The van der Waals surface area contributed by atoms with Crippen LogP contribution in [-0.4, -0.2) is 30.0 Å². The first-order chi connectivity index (χ1) is 13.3. The van der Waals surface area contributed by atoms with Crippen molar-refractivity contribution in [3.8, 4) is 0 Å². The van der Waals surface area contributed by atoms with E-state index in [-0.39, 0.29) is 22.1 Å². The van der Waals surface area contributed by atoms with Crippen LogP contribution in [0.4, 0.5) is 11.4 Å². The number of thiocarbonyl (C=S) groups is 1. The van der Waals surface area contributed by atoms with Crippen molar-refractivity contribution in [1.82, 2.24) is 5.32 Å². The van der Waals surface area contributed by atoms with E-state index in [1.807, 2.05) is 6.92 Å². The Hall–Kier alpha value is -3.26. The Morgan fingerprint density at radius 2 is 1.61 bits per heavy atom. The summed E-state index contributed by atoms with van der Waals surface area (Å²) in [5.41, 5.74) is 2.64. The van der Waals surface area contributed by atoms with Crippen LogP contribution in [0.1, 0.15) is 39.6 Å². The number of ether oxygens (including phenoxy) is 1. The van der Waals surface area contributed by atoms with Crippen LogP contribution in [0.5, 0.6) is 0 Å². The molecule has 0 saturated carbocycles. The van der Waals surface area contributed by atoms with Gasteiger partial charge in [0.15, 0.2) is 5.11 Å². The summed E-state index contributed by atoms with van der Waals surface area (Å²) in [6.07, 6.45) is 0.371. The molecule has 0 radical (unpaired) electrons. The van der Waals surface area contributed by atoms with Gasteiger partial charge in [0.2, 0.25) is 5.91 Å². The summed E-state index contributed by atoms with van der Waals surface area (Å²) in [7, 11) is 1.27. The molecule has 0 aliphatic rings. The quantitative estimate of drug-likeness (QED) is 0.528. The Morgan fingerprint density at radius 1 is 1.00 bits per heavy atom. The Balaban J connectivity index is 2.08. The molecule has 0 unspecified atom stereocenters. The van der Waals surface area contributed by atoms with Crippen LogP contribution in [0.25, 0.3) is 0 Å². The van der Waals surface area contributed by atoms with Crippen molar-refractivity contribution in [3.05, 3.63) is 59.2 Å². The van der Waals surface area contributed by atoms with E-state index in [1.54, 1.807) is 43.3 Å². The molecule has 0 saturated heterocycles. The van der Waals surface area contributed by atoms with E-state index in [1.165, 1.54) is 13.2 Å². The molecule has 0 aliphatic heterocycles. The van der Waals surface area contributed by atoms with Crippen LogP contribution in [0.15, 0.2) is 42.5 Å². The molecule has 0 aliphatic carbocycles. The summed E-state index contributed by atoms with van der Waals surface area (Å²) in [5.74, 6) is -1.09. The molecule has 2 amide bonds. The molecule has 0 spiro atoms. The van der Waals surface area contributed by atoms with Crippen LogP contribution >= 0.6 is 12.2 Å². The predicted molar refractivity (Wildman–Crippen MR) is 112 cm³/mol. The number of amides is 2. The molecule has 2 aromatic rings. The first-order valence-electron chi connectivity index (χ1n) is 8.55. The van der Waals surface area contributed by atoms with Gasteiger partial charge >= 0.3 is 5.97 Å². The molecule has 7 nitrogen and oxygen atoms in total. The fourth-order valence-corrected chi connectivity index (χ4v) is 2.58. The highest BCUT2D eigenvalue weighted by atomic mass is 32.1. The average Bonchev–Trinajstić information content (AvgIpc) is 2.70. The van der Waals surface area contributed by atoms with Gasteiger partial charge in [0.1, 0.15) is 0 Å². The molecule has 146 valence electrons. The van der Waals surface area contributed by atoms with Crippen molar-refractivity contribution < 1.29 is 19.1 Å². The monoisotopic (exact) mass is 399 g/mol. The molecule has 2 rings (SSSR count). The molecule has 8 heteroatoms.